The highest BCUT2D eigenvalue weighted by molar-refractivity contribution is 6.31. The third-order valence-electron chi connectivity index (χ3n) is 1.05. The second-order valence-electron chi connectivity index (χ2n) is 2.15. The van der Waals surface area contributed by atoms with Crippen molar-refractivity contribution in [3.63, 3.8) is 0 Å². The van der Waals surface area contributed by atoms with E-state index in [2.05, 4.69) is 13.1 Å². The summed E-state index contributed by atoms with van der Waals surface area (Å²) in [6, 6.07) is 0. The van der Waals surface area contributed by atoms with Crippen LogP contribution in [-0.2, 0) is 5.11 Å². The number of allylic oxidation sites excluding steroid dienone is 1. The van der Waals surface area contributed by atoms with Crippen LogP contribution in [0.3, 0.4) is 0 Å². The first-order valence-electron chi connectivity index (χ1n) is 3.98. The van der Waals surface area contributed by atoms with Gasteiger partial charge in [0.15, 0.2) is 0 Å². The van der Waals surface area contributed by atoms with E-state index in [0.717, 1.165) is 12.0 Å². The zero-order valence-electron chi connectivity index (χ0n) is 7.61. The van der Waals surface area contributed by atoms with E-state index >= 15 is 0 Å². The Morgan fingerprint density at radius 1 is 1.50 bits per heavy atom. The molecule has 0 aromatic carbocycles. The molecular formula is C8H19OSi. The first-order chi connectivity index (χ1) is 4.76. The molecule has 0 aliphatic rings. The third kappa shape index (κ3) is 10.8. The zero-order chi connectivity index (χ0) is 8.41. The van der Waals surface area contributed by atoms with Gasteiger partial charge < -0.3 is 0 Å². The summed E-state index contributed by atoms with van der Waals surface area (Å²) >= 11 is 0. The molecule has 0 aromatic rings. The Balaban J connectivity index is 0. The van der Waals surface area contributed by atoms with Crippen molar-refractivity contribution < 1.29 is 5.11 Å². The van der Waals surface area contributed by atoms with Crippen LogP contribution < -0.4 is 0 Å². The van der Waals surface area contributed by atoms with Crippen molar-refractivity contribution in [1.82, 2.24) is 0 Å². The number of hydrogen-bond acceptors (Lipinski definition) is 0. The van der Waals surface area contributed by atoms with E-state index in [0.29, 0.717) is 9.52 Å². The summed E-state index contributed by atoms with van der Waals surface area (Å²) in [6.45, 7) is 8.39. The minimum absolute atomic E-state index is 0.0347. The molecule has 0 amide bonds. The maximum Gasteiger partial charge on any atom is 0.103 e. The maximum absolute atomic E-state index is 10.0. The molecule has 0 bridgehead atoms. The normalized spacial score (nSPS) is 10.3. The van der Waals surface area contributed by atoms with Crippen molar-refractivity contribution in [3.8, 4) is 0 Å². The van der Waals surface area contributed by atoms with E-state index < -0.39 is 0 Å². The molecule has 0 aliphatic heterocycles. The minimum Gasteiger partial charge on any atom is -0.232 e. The fraction of sp³-hybridized carbons (Fsp3) is 0.750. The van der Waals surface area contributed by atoms with Crippen LogP contribution in [0.5, 0.6) is 0 Å². The van der Waals surface area contributed by atoms with Gasteiger partial charge in [-0.25, -0.2) is 5.11 Å². The predicted octanol–water partition coefficient (Wildman–Crippen LogP) is 2.02. The van der Waals surface area contributed by atoms with Gasteiger partial charge in [0.1, 0.15) is 6.61 Å². The van der Waals surface area contributed by atoms with E-state index in [9.17, 15) is 5.11 Å². The number of rotatable bonds is 2. The van der Waals surface area contributed by atoms with Crippen molar-refractivity contribution in [2.45, 2.75) is 33.4 Å². The average Bonchev–Trinajstić information content (AvgIpc) is 1.93. The summed E-state index contributed by atoms with van der Waals surface area (Å²) in [5, 5.41) is 10.0. The lowest BCUT2D eigenvalue weighted by atomic mass is 10.2. The predicted molar refractivity (Wildman–Crippen MR) is 49.9 cm³/mol. The van der Waals surface area contributed by atoms with Gasteiger partial charge in [-0.3, -0.25) is 0 Å². The Labute approximate surface area is 67.0 Å². The Bertz CT molecular complexity index is 73.3. The van der Waals surface area contributed by atoms with Crippen LogP contribution in [0.1, 0.15) is 20.3 Å². The average molecular weight is 159 g/mol. The highest BCUT2D eigenvalue weighted by Crippen LogP contribution is 1.95. The van der Waals surface area contributed by atoms with Crippen LogP contribution in [0, 0.1) is 0 Å². The summed E-state index contributed by atoms with van der Waals surface area (Å²) in [4.78, 5) is 0. The van der Waals surface area contributed by atoms with Crippen molar-refractivity contribution in [2.24, 2.45) is 0 Å². The van der Waals surface area contributed by atoms with Crippen LogP contribution >= 0.6 is 0 Å². The standard InChI is InChI=1S/C6H11O.C2H8Si/c1-3-6(4-2)5-7;1-3-2/h3H,4-5H2,1-2H3;3H2,1-2H3. The molecule has 0 spiro atoms. The SMILES string of the molecule is CC=C(CC)C[O].C[SiH2]C. The molecule has 0 rings (SSSR count). The molecule has 61 valence electrons. The lowest BCUT2D eigenvalue weighted by Gasteiger charge is -1.90. The summed E-state index contributed by atoms with van der Waals surface area (Å²) < 4.78 is 0. The molecule has 0 aliphatic carbocycles. The molecule has 2 heteroatoms. The van der Waals surface area contributed by atoms with Gasteiger partial charge in [0.2, 0.25) is 0 Å². The molecule has 0 aromatic heterocycles. The highest BCUT2D eigenvalue weighted by atomic mass is 28.2. The van der Waals surface area contributed by atoms with Crippen LogP contribution in [0.4, 0.5) is 0 Å². The molecule has 10 heavy (non-hydrogen) atoms. The molecule has 0 unspecified atom stereocenters. The Morgan fingerprint density at radius 2 is 1.90 bits per heavy atom. The highest BCUT2D eigenvalue weighted by Gasteiger charge is 1.85. The van der Waals surface area contributed by atoms with Crippen LogP contribution in [0.25, 0.3) is 0 Å². The molecular weight excluding hydrogens is 140 g/mol. The van der Waals surface area contributed by atoms with Crippen LogP contribution in [0.15, 0.2) is 11.6 Å². The summed E-state index contributed by atoms with van der Waals surface area (Å²) in [5.74, 6) is 0. The van der Waals surface area contributed by atoms with Crippen LogP contribution in [0.2, 0.25) is 13.1 Å². The van der Waals surface area contributed by atoms with Gasteiger partial charge in [0.05, 0.1) is 0 Å². The van der Waals surface area contributed by atoms with Crippen molar-refractivity contribution in [3.05, 3.63) is 11.6 Å². The molecule has 1 radical (unpaired) electrons. The van der Waals surface area contributed by atoms with Crippen molar-refractivity contribution in [1.29, 1.82) is 0 Å². The first kappa shape index (κ1) is 12.6. The molecule has 0 atom stereocenters. The fourth-order valence-electron chi connectivity index (χ4n) is 0.390. The smallest absolute Gasteiger partial charge is 0.103 e. The lowest BCUT2D eigenvalue weighted by molar-refractivity contribution is 0.220. The molecule has 0 fully saturated rings. The Morgan fingerprint density at radius 3 is 1.90 bits per heavy atom. The molecule has 0 N–H and O–H groups in total. The van der Waals surface area contributed by atoms with Gasteiger partial charge in [-0.1, -0.05) is 26.1 Å². The Hall–Kier alpha value is -0.0831. The van der Waals surface area contributed by atoms with Gasteiger partial charge in [-0.05, 0) is 18.9 Å². The largest absolute Gasteiger partial charge is 0.232 e. The van der Waals surface area contributed by atoms with E-state index in [4.69, 9.17) is 0 Å². The molecule has 0 heterocycles. The first-order valence-corrected chi connectivity index (χ1v) is 6.81. The van der Waals surface area contributed by atoms with Gasteiger partial charge in [0, 0.05) is 9.52 Å². The van der Waals surface area contributed by atoms with E-state index in [1.165, 1.54) is 0 Å². The lowest BCUT2D eigenvalue weighted by Crippen LogP contribution is -1.83. The molecule has 1 nitrogen and oxygen atoms in total. The maximum atomic E-state index is 10.0. The second-order valence-corrected chi connectivity index (χ2v) is 3.57. The van der Waals surface area contributed by atoms with Crippen molar-refractivity contribution in [2.75, 3.05) is 6.61 Å². The topological polar surface area (TPSA) is 19.9 Å². The fourth-order valence-corrected chi connectivity index (χ4v) is 0.390. The molecule has 0 saturated heterocycles. The van der Waals surface area contributed by atoms with Gasteiger partial charge in [0.25, 0.3) is 0 Å². The Kier molecular flexibility index (Phi) is 14.7. The van der Waals surface area contributed by atoms with E-state index in [-0.39, 0.29) is 6.61 Å². The quantitative estimate of drug-likeness (QED) is 0.434. The third-order valence-corrected chi connectivity index (χ3v) is 1.05. The zero-order valence-corrected chi connectivity index (χ0v) is 9.02. The second kappa shape index (κ2) is 11.7. The van der Waals surface area contributed by atoms with Gasteiger partial charge >= 0.3 is 0 Å². The summed E-state index contributed by atoms with van der Waals surface area (Å²) in [5.41, 5.74) is 1.00. The van der Waals surface area contributed by atoms with Gasteiger partial charge in [-0.2, -0.15) is 0 Å². The van der Waals surface area contributed by atoms with Crippen molar-refractivity contribution >= 4 is 9.52 Å². The van der Waals surface area contributed by atoms with E-state index in [1.807, 2.05) is 19.9 Å². The van der Waals surface area contributed by atoms with Gasteiger partial charge in [-0.15, -0.1) is 0 Å². The monoisotopic (exact) mass is 159 g/mol. The molecule has 0 saturated carbocycles. The minimum atomic E-state index is -0.0347. The number of hydrogen-bond donors (Lipinski definition) is 0. The summed E-state index contributed by atoms with van der Waals surface area (Å²) in [7, 11) is 0.417. The van der Waals surface area contributed by atoms with Crippen LogP contribution in [-0.4, -0.2) is 16.1 Å². The summed E-state index contributed by atoms with van der Waals surface area (Å²) in [6.07, 6.45) is 2.78. The van der Waals surface area contributed by atoms with E-state index in [1.54, 1.807) is 0 Å².